The Kier molecular flexibility index (Phi) is 6.35. The number of allylic oxidation sites excluding steroid dienone is 1. The first kappa shape index (κ1) is 16.1. The molecular weight excluding hydrogens is 256 g/mol. The fraction of sp³-hybridized carbons (Fsp3) is 0.600. The molecule has 21 heavy (non-hydrogen) atoms. The van der Waals surface area contributed by atoms with Crippen molar-refractivity contribution in [2.45, 2.75) is 64.7 Å². The van der Waals surface area contributed by atoms with Gasteiger partial charge < -0.3 is 4.74 Å². The molecule has 1 nitrogen and oxygen atoms in total. The summed E-state index contributed by atoms with van der Waals surface area (Å²) in [6.45, 7) is 9.16. The zero-order chi connectivity index (χ0) is 15.1. The van der Waals surface area contributed by atoms with Crippen LogP contribution >= 0.6 is 0 Å². The second kappa shape index (κ2) is 8.26. The van der Waals surface area contributed by atoms with Crippen LogP contribution in [0.2, 0.25) is 0 Å². The number of hydrogen-bond donors (Lipinski definition) is 0. The largest absolute Gasteiger partial charge is 0.493 e. The molecule has 0 N–H and O–H groups in total. The smallest absolute Gasteiger partial charge is 0.122 e. The Morgan fingerprint density at radius 1 is 1.14 bits per heavy atom. The highest BCUT2D eigenvalue weighted by molar-refractivity contribution is 5.39. The van der Waals surface area contributed by atoms with Crippen LogP contribution in [0.4, 0.5) is 0 Å². The van der Waals surface area contributed by atoms with Gasteiger partial charge in [-0.2, -0.15) is 0 Å². The predicted molar refractivity (Wildman–Crippen MR) is 91.1 cm³/mol. The topological polar surface area (TPSA) is 9.23 Å². The van der Waals surface area contributed by atoms with Gasteiger partial charge in [-0.05, 0) is 67.6 Å². The minimum atomic E-state index is 0.733. The van der Waals surface area contributed by atoms with E-state index in [2.05, 4.69) is 44.7 Å². The molecule has 1 aromatic rings. The molecule has 1 aromatic carbocycles. The van der Waals surface area contributed by atoms with Crippen LogP contribution in [0.3, 0.4) is 0 Å². The first-order valence-corrected chi connectivity index (χ1v) is 8.66. The summed E-state index contributed by atoms with van der Waals surface area (Å²) in [6.07, 6.45) is 10.7. The lowest BCUT2D eigenvalue weighted by atomic mass is 9.78. The lowest BCUT2D eigenvalue weighted by Gasteiger charge is -2.27. The van der Waals surface area contributed by atoms with E-state index in [1.54, 1.807) is 0 Å². The number of aryl methyl sites for hydroxylation is 1. The van der Waals surface area contributed by atoms with Crippen molar-refractivity contribution >= 4 is 0 Å². The van der Waals surface area contributed by atoms with Gasteiger partial charge in [-0.1, -0.05) is 38.5 Å². The molecule has 1 saturated carbocycles. The second-order valence-electron chi connectivity index (χ2n) is 6.31. The lowest BCUT2D eigenvalue weighted by molar-refractivity contribution is 0.313. The third-order valence-corrected chi connectivity index (χ3v) is 4.64. The summed E-state index contributed by atoms with van der Waals surface area (Å²) in [4.78, 5) is 0. The van der Waals surface area contributed by atoms with Crippen LogP contribution in [-0.2, 0) is 6.42 Å². The zero-order valence-corrected chi connectivity index (χ0v) is 13.7. The number of rotatable bonds is 7. The van der Waals surface area contributed by atoms with Crippen LogP contribution in [0.1, 0.15) is 69.4 Å². The summed E-state index contributed by atoms with van der Waals surface area (Å²) < 4.78 is 5.90. The van der Waals surface area contributed by atoms with Gasteiger partial charge in [0.1, 0.15) is 5.75 Å². The van der Waals surface area contributed by atoms with Crippen molar-refractivity contribution in [1.29, 1.82) is 0 Å². The van der Waals surface area contributed by atoms with Crippen molar-refractivity contribution in [3.05, 3.63) is 42.0 Å². The highest BCUT2D eigenvalue weighted by Crippen LogP contribution is 2.37. The molecule has 0 saturated heterocycles. The van der Waals surface area contributed by atoms with Gasteiger partial charge >= 0.3 is 0 Å². The van der Waals surface area contributed by atoms with Crippen molar-refractivity contribution in [2.24, 2.45) is 5.92 Å². The van der Waals surface area contributed by atoms with Gasteiger partial charge in [0.25, 0.3) is 0 Å². The Labute approximate surface area is 130 Å². The van der Waals surface area contributed by atoms with Gasteiger partial charge in [0.15, 0.2) is 0 Å². The molecule has 1 heteroatoms. The molecule has 116 valence electrons. The highest BCUT2D eigenvalue weighted by Gasteiger charge is 2.21. The van der Waals surface area contributed by atoms with Crippen LogP contribution in [0.15, 0.2) is 30.9 Å². The van der Waals surface area contributed by atoms with E-state index in [0.29, 0.717) is 0 Å². The van der Waals surface area contributed by atoms with Crippen molar-refractivity contribution in [3.63, 3.8) is 0 Å². The first-order chi connectivity index (χ1) is 10.3. The predicted octanol–water partition coefficient (Wildman–Crippen LogP) is 5.89. The number of hydrogen-bond acceptors (Lipinski definition) is 1. The van der Waals surface area contributed by atoms with Crippen molar-refractivity contribution < 1.29 is 4.74 Å². The van der Waals surface area contributed by atoms with Crippen molar-refractivity contribution in [2.75, 3.05) is 6.61 Å². The molecule has 1 aliphatic carbocycles. The normalized spacial score (nSPS) is 22.0. The van der Waals surface area contributed by atoms with Crippen LogP contribution in [-0.4, -0.2) is 6.61 Å². The third kappa shape index (κ3) is 4.36. The molecule has 0 aromatic heterocycles. The SMILES string of the molecule is C=C[C@H]1CC[C@H](c2ccc(OCCC)c(CCC)c2)CC1. The molecule has 1 aliphatic rings. The number of ether oxygens (including phenoxy) is 1. The van der Waals surface area contributed by atoms with Crippen LogP contribution in [0.25, 0.3) is 0 Å². The molecule has 0 amide bonds. The summed E-state index contributed by atoms with van der Waals surface area (Å²) in [7, 11) is 0. The van der Waals surface area contributed by atoms with Gasteiger partial charge in [0.2, 0.25) is 0 Å². The molecule has 2 rings (SSSR count). The van der Waals surface area contributed by atoms with Crippen molar-refractivity contribution in [3.8, 4) is 5.75 Å². The third-order valence-electron chi connectivity index (χ3n) is 4.64. The van der Waals surface area contributed by atoms with Gasteiger partial charge in [-0.3, -0.25) is 0 Å². The summed E-state index contributed by atoms with van der Waals surface area (Å²) in [5.41, 5.74) is 2.92. The molecule has 0 bridgehead atoms. The minimum Gasteiger partial charge on any atom is -0.493 e. The number of benzene rings is 1. The lowest BCUT2D eigenvalue weighted by Crippen LogP contribution is -2.12. The van der Waals surface area contributed by atoms with Gasteiger partial charge in [-0.25, -0.2) is 0 Å². The molecular formula is C20H30O. The molecule has 1 fully saturated rings. The Morgan fingerprint density at radius 2 is 1.90 bits per heavy atom. The van der Waals surface area contributed by atoms with E-state index >= 15 is 0 Å². The summed E-state index contributed by atoms with van der Waals surface area (Å²) in [5.74, 6) is 2.57. The standard InChI is InChI=1S/C20H30O/c1-4-7-19-15-18(12-13-20(19)21-14-5-2)17-10-8-16(6-3)9-11-17/h6,12-13,15-17H,3-5,7-11,14H2,1-2H3/t16-,17-. The molecule has 0 atom stereocenters. The molecule has 0 spiro atoms. The first-order valence-electron chi connectivity index (χ1n) is 8.66. The average Bonchev–Trinajstić information content (AvgIpc) is 2.54. The Bertz CT molecular complexity index is 441. The average molecular weight is 286 g/mol. The monoisotopic (exact) mass is 286 g/mol. The Hall–Kier alpha value is -1.24. The summed E-state index contributed by atoms with van der Waals surface area (Å²) in [6, 6.07) is 6.91. The second-order valence-corrected chi connectivity index (χ2v) is 6.31. The fourth-order valence-corrected chi connectivity index (χ4v) is 3.36. The molecule has 0 radical (unpaired) electrons. The molecule has 0 heterocycles. The minimum absolute atomic E-state index is 0.733. The van der Waals surface area contributed by atoms with E-state index in [9.17, 15) is 0 Å². The Balaban J connectivity index is 2.09. The van der Waals surface area contributed by atoms with Gasteiger partial charge in [0, 0.05) is 0 Å². The molecule has 0 unspecified atom stereocenters. The zero-order valence-electron chi connectivity index (χ0n) is 13.7. The van der Waals surface area contributed by atoms with Gasteiger partial charge in [0.05, 0.1) is 6.61 Å². The van der Waals surface area contributed by atoms with E-state index in [0.717, 1.165) is 37.0 Å². The van der Waals surface area contributed by atoms with E-state index in [1.165, 1.54) is 43.2 Å². The maximum absolute atomic E-state index is 5.90. The quantitative estimate of drug-likeness (QED) is 0.568. The van der Waals surface area contributed by atoms with E-state index in [1.807, 2.05) is 0 Å². The maximum atomic E-state index is 5.90. The van der Waals surface area contributed by atoms with Gasteiger partial charge in [-0.15, -0.1) is 6.58 Å². The van der Waals surface area contributed by atoms with E-state index in [-0.39, 0.29) is 0 Å². The summed E-state index contributed by atoms with van der Waals surface area (Å²) in [5, 5.41) is 0. The Morgan fingerprint density at radius 3 is 2.52 bits per heavy atom. The maximum Gasteiger partial charge on any atom is 0.122 e. The van der Waals surface area contributed by atoms with E-state index < -0.39 is 0 Å². The van der Waals surface area contributed by atoms with E-state index in [4.69, 9.17) is 4.74 Å². The van der Waals surface area contributed by atoms with Crippen LogP contribution < -0.4 is 4.74 Å². The molecule has 0 aliphatic heterocycles. The summed E-state index contributed by atoms with van der Waals surface area (Å²) >= 11 is 0. The highest BCUT2D eigenvalue weighted by atomic mass is 16.5. The van der Waals surface area contributed by atoms with Crippen LogP contribution in [0.5, 0.6) is 5.75 Å². The van der Waals surface area contributed by atoms with Crippen molar-refractivity contribution in [1.82, 2.24) is 0 Å². The fourth-order valence-electron chi connectivity index (χ4n) is 3.36. The van der Waals surface area contributed by atoms with Crippen LogP contribution in [0, 0.1) is 5.92 Å².